The van der Waals surface area contributed by atoms with Crippen LogP contribution in [0.25, 0.3) is 0 Å². The monoisotopic (exact) mass is 452 g/mol. The minimum Gasteiger partial charge on any atom is -0.461 e. The van der Waals surface area contributed by atoms with Gasteiger partial charge in [-0.2, -0.15) is 10.2 Å². The van der Waals surface area contributed by atoms with Gasteiger partial charge in [0.15, 0.2) is 0 Å². The van der Waals surface area contributed by atoms with Crippen molar-refractivity contribution >= 4 is 34.7 Å². The van der Waals surface area contributed by atoms with Crippen LogP contribution in [0, 0.1) is 17.0 Å². The van der Waals surface area contributed by atoms with E-state index in [0.717, 1.165) is 23.4 Å². The quantitative estimate of drug-likeness (QED) is 0.152. The second kappa shape index (κ2) is 12.5. The van der Waals surface area contributed by atoms with Gasteiger partial charge in [0.2, 0.25) is 0 Å². The molecule has 0 saturated heterocycles. The summed E-state index contributed by atoms with van der Waals surface area (Å²) in [5, 5.41) is 19.1. The highest BCUT2D eigenvalue weighted by molar-refractivity contribution is 5.81. The van der Waals surface area contributed by atoms with Gasteiger partial charge in [-0.05, 0) is 42.8 Å². The fraction of sp³-hybridized carbons (Fsp3) is 0.217. The molecule has 0 heterocycles. The molecule has 0 atom stereocenters. The Morgan fingerprint density at radius 2 is 1.58 bits per heavy atom. The van der Waals surface area contributed by atoms with Crippen LogP contribution < -0.4 is 4.90 Å². The molecule has 0 amide bonds. The Kier molecular flexibility index (Phi) is 9.44. The second-order valence-corrected chi connectivity index (χ2v) is 6.67. The van der Waals surface area contributed by atoms with E-state index in [2.05, 4.69) is 23.4 Å². The predicted octanol–water partition coefficient (Wildman–Crippen LogP) is 4.58. The Morgan fingerprint density at radius 1 is 1.00 bits per heavy atom. The lowest BCUT2D eigenvalue weighted by molar-refractivity contribution is -0.384. The maximum Gasteiger partial charge on any atom is 0.330 e. The maximum absolute atomic E-state index is 11.3. The Hall–Kier alpha value is -4.34. The minimum atomic E-state index is -0.522. The third kappa shape index (κ3) is 8.02. The standard InChI is InChI=1S/C23H24N4O6/c1-4-22(28)32-14-12-26(13-15-33-23(29)5-2)20-10-11-21(17(3)16-20)25-24-18-6-8-19(9-7-18)27(30)31/h4-11,16H,1-2,12-15H2,3H3. The number of ether oxygens (including phenoxy) is 2. The zero-order valence-electron chi connectivity index (χ0n) is 18.2. The number of nitro groups is 1. The van der Waals surface area contributed by atoms with E-state index in [9.17, 15) is 19.7 Å². The smallest absolute Gasteiger partial charge is 0.330 e. The number of nitrogens with zero attached hydrogens (tertiary/aromatic N) is 4. The number of aryl methyl sites for hydroxylation is 1. The Morgan fingerprint density at radius 3 is 2.06 bits per heavy atom. The van der Waals surface area contributed by atoms with Crippen molar-refractivity contribution in [1.82, 2.24) is 0 Å². The van der Waals surface area contributed by atoms with Crippen LogP contribution in [0.5, 0.6) is 0 Å². The molecule has 0 N–H and O–H groups in total. The Bertz CT molecular complexity index is 1020. The molecular formula is C23H24N4O6. The number of esters is 2. The number of rotatable bonds is 12. The van der Waals surface area contributed by atoms with Crippen molar-refractivity contribution in [2.75, 3.05) is 31.2 Å². The lowest BCUT2D eigenvalue weighted by Gasteiger charge is -2.25. The molecule has 10 nitrogen and oxygen atoms in total. The van der Waals surface area contributed by atoms with Gasteiger partial charge in [0.05, 0.1) is 29.4 Å². The van der Waals surface area contributed by atoms with Gasteiger partial charge in [-0.25, -0.2) is 9.59 Å². The molecule has 0 spiro atoms. The van der Waals surface area contributed by atoms with E-state index in [1.54, 1.807) is 6.07 Å². The second-order valence-electron chi connectivity index (χ2n) is 6.67. The van der Waals surface area contributed by atoms with E-state index in [1.807, 2.05) is 24.0 Å². The summed E-state index contributed by atoms with van der Waals surface area (Å²) >= 11 is 0. The third-order valence-corrected chi connectivity index (χ3v) is 4.42. The van der Waals surface area contributed by atoms with Crippen molar-refractivity contribution in [3.63, 3.8) is 0 Å². The molecular weight excluding hydrogens is 428 g/mol. The maximum atomic E-state index is 11.3. The van der Waals surface area contributed by atoms with E-state index in [4.69, 9.17) is 9.47 Å². The summed E-state index contributed by atoms with van der Waals surface area (Å²) in [5.74, 6) is -1.04. The molecule has 0 aliphatic heterocycles. The molecule has 33 heavy (non-hydrogen) atoms. The molecule has 0 fully saturated rings. The summed E-state index contributed by atoms with van der Waals surface area (Å²) < 4.78 is 10.1. The van der Waals surface area contributed by atoms with Crippen LogP contribution in [0.1, 0.15) is 5.56 Å². The molecule has 0 aliphatic rings. The van der Waals surface area contributed by atoms with Crippen molar-refractivity contribution in [1.29, 1.82) is 0 Å². The minimum absolute atomic E-state index is 0.0212. The van der Waals surface area contributed by atoms with Crippen LogP contribution in [0.15, 0.2) is 78.0 Å². The fourth-order valence-electron chi connectivity index (χ4n) is 2.70. The first-order valence-electron chi connectivity index (χ1n) is 9.94. The van der Waals surface area contributed by atoms with Gasteiger partial charge < -0.3 is 14.4 Å². The molecule has 2 aromatic carbocycles. The third-order valence-electron chi connectivity index (χ3n) is 4.42. The molecule has 0 radical (unpaired) electrons. The van der Waals surface area contributed by atoms with Gasteiger partial charge in [0, 0.05) is 30.0 Å². The number of carbonyl (C=O) groups is 2. The van der Waals surface area contributed by atoms with E-state index in [0.29, 0.717) is 24.5 Å². The molecule has 2 rings (SSSR count). The first-order chi connectivity index (χ1) is 15.8. The molecule has 0 aromatic heterocycles. The number of hydrogen-bond donors (Lipinski definition) is 0. The molecule has 2 aromatic rings. The number of nitro benzene ring substituents is 1. The number of hydrogen-bond acceptors (Lipinski definition) is 9. The summed E-state index contributed by atoms with van der Waals surface area (Å²) in [4.78, 5) is 34.8. The van der Waals surface area contributed by atoms with E-state index in [-0.39, 0.29) is 18.9 Å². The Labute approximate surface area is 191 Å². The van der Waals surface area contributed by atoms with E-state index in [1.165, 1.54) is 24.3 Å². The van der Waals surface area contributed by atoms with Gasteiger partial charge >= 0.3 is 11.9 Å². The van der Waals surface area contributed by atoms with E-state index < -0.39 is 16.9 Å². The summed E-state index contributed by atoms with van der Waals surface area (Å²) in [7, 11) is 0. The summed E-state index contributed by atoms with van der Waals surface area (Å²) in [6.07, 6.45) is 2.18. The van der Waals surface area contributed by atoms with Crippen LogP contribution in [-0.2, 0) is 19.1 Å². The molecule has 0 aliphatic carbocycles. The van der Waals surface area contributed by atoms with Crippen molar-refractivity contribution in [3.05, 3.63) is 83.5 Å². The molecule has 0 unspecified atom stereocenters. The molecule has 0 bridgehead atoms. The predicted molar refractivity (Wildman–Crippen MR) is 123 cm³/mol. The van der Waals surface area contributed by atoms with Gasteiger partial charge in [-0.15, -0.1) is 0 Å². The lowest BCUT2D eigenvalue weighted by atomic mass is 10.1. The van der Waals surface area contributed by atoms with Crippen LogP contribution in [0.3, 0.4) is 0 Å². The van der Waals surface area contributed by atoms with Crippen LogP contribution >= 0.6 is 0 Å². The van der Waals surface area contributed by atoms with Crippen molar-refractivity contribution in [3.8, 4) is 0 Å². The highest BCUT2D eigenvalue weighted by Crippen LogP contribution is 2.27. The number of azo groups is 1. The lowest BCUT2D eigenvalue weighted by Crippen LogP contribution is -2.32. The van der Waals surface area contributed by atoms with Gasteiger partial charge in [-0.3, -0.25) is 10.1 Å². The molecule has 10 heteroatoms. The zero-order chi connectivity index (χ0) is 24.2. The zero-order valence-corrected chi connectivity index (χ0v) is 18.2. The normalized spacial score (nSPS) is 10.5. The fourth-order valence-corrected chi connectivity index (χ4v) is 2.70. The van der Waals surface area contributed by atoms with Gasteiger partial charge in [0.25, 0.3) is 5.69 Å². The van der Waals surface area contributed by atoms with Crippen LogP contribution in [-0.4, -0.2) is 43.2 Å². The van der Waals surface area contributed by atoms with Crippen LogP contribution in [0.4, 0.5) is 22.7 Å². The van der Waals surface area contributed by atoms with Crippen LogP contribution in [0.2, 0.25) is 0 Å². The van der Waals surface area contributed by atoms with E-state index >= 15 is 0 Å². The number of carbonyl (C=O) groups excluding carboxylic acids is 2. The summed E-state index contributed by atoms with van der Waals surface area (Å²) in [6.45, 7) is 9.58. The SMILES string of the molecule is C=CC(=O)OCCN(CCOC(=O)C=C)c1ccc(N=Nc2ccc([N+](=O)[O-])cc2)c(C)c1. The van der Waals surface area contributed by atoms with Gasteiger partial charge in [-0.1, -0.05) is 13.2 Å². The van der Waals surface area contributed by atoms with Crippen molar-refractivity contribution in [2.24, 2.45) is 10.2 Å². The summed E-state index contributed by atoms with van der Waals surface area (Å²) in [5.41, 5.74) is 2.72. The Balaban J connectivity index is 2.12. The largest absolute Gasteiger partial charge is 0.461 e. The number of benzene rings is 2. The molecule has 0 saturated carbocycles. The molecule has 172 valence electrons. The first kappa shape index (κ1) is 24.9. The average Bonchev–Trinajstić information content (AvgIpc) is 2.82. The highest BCUT2D eigenvalue weighted by Gasteiger charge is 2.11. The first-order valence-corrected chi connectivity index (χ1v) is 9.94. The highest BCUT2D eigenvalue weighted by atomic mass is 16.6. The number of non-ortho nitro benzene ring substituents is 1. The number of anilines is 1. The summed E-state index contributed by atoms with van der Waals surface area (Å²) in [6, 6.07) is 11.2. The van der Waals surface area contributed by atoms with Crippen molar-refractivity contribution < 1.29 is 24.0 Å². The van der Waals surface area contributed by atoms with Gasteiger partial charge in [0.1, 0.15) is 13.2 Å². The van der Waals surface area contributed by atoms with Crippen molar-refractivity contribution in [2.45, 2.75) is 6.92 Å². The average molecular weight is 452 g/mol. The topological polar surface area (TPSA) is 124 Å².